The summed E-state index contributed by atoms with van der Waals surface area (Å²) in [6.45, 7) is 0.893. The summed E-state index contributed by atoms with van der Waals surface area (Å²) >= 11 is 1.47. The number of nitrogens with one attached hydrogen (secondary N) is 1. The molecular weight excluding hydrogens is 477 g/mol. The van der Waals surface area contributed by atoms with Gasteiger partial charge >= 0.3 is 12.1 Å². The van der Waals surface area contributed by atoms with Gasteiger partial charge in [-0.05, 0) is 36.6 Å². The molecule has 0 saturated carbocycles. The number of carbonyl (C=O) groups is 3. The zero-order valence-electron chi connectivity index (χ0n) is 17.6. The molecule has 1 N–H and O–H groups in total. The zero-order valence-corrected chi connectivity index (χ0v) is 18.4. The van der Waals surface area contributed by atoms with Gasteiger partial charge in [0, 0.05) is 17.4 Å². The molecule has 3 aromatic rings. The third-order valence-electron chi connectivity index (χ3n) is 4.90. The Kier molecular flexibility index (Phi) is 6.37. The van der Waals surface area contributed by atoms with Gasteiger partial charge in [0.2, 0.25) is 17.6 Å². The number of amides is 2. The summed E-state index contributed by atoms with van der Waals surface area (Å²) in [5.41, 5.74) is -0.262. The quantitative estimate of drug-likeness (QED) is 0.520. The molecule has 1 aliphatic heterocycles. The Labute approximate surface area is 194 Å². The number of benzene rings is 1. The number of thiophene rings is 1. The number of alkyl halides is 3. The molecule has 1 atom stereocenters. The van der Waals surface area contributed by atoms with Crippen molar-refractivity contribution < 1.29 is 36.8 Å². The number of carbonyl (C=O) groups excluding carboxylic acids is 3. The summed E-state index contributed by atoms with van der Waals surface area (Å²) in [7, 11) is 0. The van der Waals surface area contributed by atoms with Crippen LogP contribution in [-0.2, 0) is 31.7 Å². The molecule has 1 aliphatic rings. The highest BCUT2D eigenvalue weighted by Crippen LogP contribution is 2.37. The highest BCUT2D eigenvalue weighted by molar-refractivity contribution is 7.08. The number of halogens is 3. The lowest BCUT2D eigenvalue weighted by molar-refractivity contribution is -0.154. The van der Waals surface area contributed by atoms with Crippen molar-refractivity contribution in [3.8, 4) is 11.4 Å². The second-order valence-corrected chi connectivity index (χ2v) is 8.14. The maximum absolute atomic E-state index is 13.0. The minimum atomic E-state index is -4.61. The van der Waals surface area contributed by atoms with E-state index in [1.165, 1.54) is 18.3 Å². The van der Waals surface area contributed by atoms with E-state index in [9.17, 15) is 27.6 Å². The molecule has 0 radical (unpaired) electrons. The smallest absolute Gasteiger partial charge is 0.416 e. The SMILES string of the molecule is CC(OC(=O)CCc1nc(-c2ccsc2)no1)C(=O)N1CC(=O)Nc2cc(C(F)(F)F)ccc21. The molecular formula is C21H17F3N4O5S. The molecule has 1 unspecified atom stereocenters. The van der Waals surface area contributed by atoms with E-state index in [0.29, 0.717) is 5.82 Å². The van der Waals surface area contributed by atoms with E-state index in [2.05, 4.69) is 15.5 Å². The van der Waals surface area contributed by atoms with E-state index in [1.807, 2.05) is 16.8 Å². The van der Waals surface area contributed by atoms with Gasteiger partial charge in [-0.1, -0.05) is 5.16 Å². The van der Waals surface area contributed by atoms with Crippen molar-refractivity contribution in [2.24, 2.45) is 0 Å². The number of anilines is 2. The van der Waals surface area contributed by atoms with Crippen LogP contribution in [0.25, 0.3) is 11.4 Å². The van der Waals surface area contributed by atoms with Crippen molar-refractivity contribution in [3.63, 3.8) is 0 Å². The van der Waals surface area contributed by atoms with Crippen LogP contribution in [0.4, 0.5) is 24.5 Å². The lowest BCUT2D eigenvalue weighted by Gasteiger charge is -2.31. The van der Waals surface area contributed by atoms with Gasteiger partial charge in [-0.15, -0.1) is 0 Å². The van der Waals surface area contributed by atoms with Gasteiger partial charge in [0.1, 0.15) is 6.54 Å². The monoisotopic (exact) mass is 494 g/mol. The molecule has 9 nitrogen and oxygen atoms in total. The fraction of sp³-hybridized carbons (Fsp3) is 0.286. The molecule has 0 aliphatic carbocycles. The lowest BCUT2D eigenvalue weighted by atomic mass is 10.1. The van der Waals surface area contributed by atoms with Crippen LogP contribution >= 0.6 is 11.3 Å². The van der Waals surface area contributed by atoms with Crippen LogP contribution in [0.15, 0.2) is 39.5 Å². The van der Waals surface area contributed by atoms with E-state index in [1.54, 1.807) is 0 Å². The van der Waals surface area contributed by atoms with Crippen LogP contribution < -0.4 is 10.2 Å². The van der Waals surface area contributed by atoms with Crippen LogP contribution in [0.3, 0.4) is 0 Å². The first-order valence-corrected chi connectivity index (χ1v) is 10.9. The first kappa shape index (κ1) is 23.4. The van der Waals surface area contributed by atoms with E-state index < -0.39 is 42.2 Å². The maximum Gasteiger partial charge on any atom is 0.416 e. The zero-order chi connectivity index (χ0) is 24.5. The number of hydrogen-bond donors (Lipinski definition) is 1. The van der Waals surface area contributed by atoms with E-state index in [-0.39, 0.29) is 30.1 Å². The highest BCUT2D eigenvalue weighted by Gasteiger charge is 2.35. The molecule has 0 saturated heterocycles. The molecule has 4 rings (SSSR count). The van der Waals surface area contributed by atoms with Gasteiger partial charge in [0.05, 0.1) is 23.4 Å². The summed E-state index contributed by atoms with van der Waals surface area (Å²) in [5.74, 6) is -1.52. The van der Waals surface area contributed by atoms with E-state index >= 15 is 0 Å². The Morgan fingerprint density at radius 3 is 2.82 bits per heavy atom. The van der Waals surface area contributed by atoms with Crippen molar-refractivity contribution >= 4 is 40.5 Å². The lowest BCUT2D eigenvalue weighted by Crippen LogP contribution is -2.47. The average molecular weight is 494 g/mol. The summed E-state index contributed by atoms with van der Waals surface area (Å²) in [6, 6.07) is 4.47. The number of esters is 1. The molecule has 178 valence electrons. The molecule has 2 aromatic heterocycles. The largest absolute Gasteiger partial charge is 0.453 e. The fourth-order valence-electron chi connectivity index (χ4n) is 3.26. The molecule has 0 fully saturated rings. The average Bonchev–Trinajstić information content (AvgIpc) is 3.47. The van der Waals surface area contributed by atoms with Crippen LogP contribution in [0.2, 0.25) is 0 Å². The highest BCUT2D eigenvalue weighted by atomic mass is 32.1. The van der Waals surface area contributed by atoms with Crippen molar-refractivity contribution in [1.82, 2.24) is 10.1 Å². The number of fused-ring (bicyclic) bond motifs is 1. The number of aromatic nitrogens is 2. The summed E-state index contributed by atoms with van der Waals surface area (Å²) < 4.78 is 49.2. The molecule has 1 aromatic carbocycles. The Hall–Kier alpha value is -3.74. The van der Waals surface area contributed by atoms with E-state index in [4.69, 9.17) is 9.26 Å². The van der Waals surface area contributed by atoms with Crippen molar-refractivity contribution in [2.45, 2.75) is 32.0 Å². The van der Waals surface area contributed by atoms with Crippen LogP contribution in [0, 0.1) is 0 Å². The number of aryl methyl sites for hydroxylation is 1. The molecule has 3 heterocycles. The van der Waals surface area contributed by atoms with Crippen LogP contribution in [0.5, 0.6) is 0 Å². The summed E-state index contributed by atoms with van der Waals surface area (Å²) in [4.78, 5) is 42.2. The van der Waals surface area contributed by atoms with Crippen molar-refractivity contribution in [1.29, 1.82) is 0 Å². The standard InChI is InChI=1S/C21H17F3N4O5S/c1-11(32-18(30)5-4-17-26-19(27-33-17)12-6-7-34-10-12)20(31)28-9-16(29)25-14-8-13(21(22,23)24)2-3-15(14)28/h2-3,6-8,10-11H,4-5,9H2,1H3,(H,25,29). The summed E-state index contributed by atoms with van der Waals surface area (Å²) in [5, 5.41) is 9.87. The van der Waals surface area contributed by atoms with Gasteiger partial charge < -0.3 is 14.6 Å². The number of hydrogen-bond acceptors (Lipinski definition) is 8. The van der Waals surface area contributed by atoms with Gasteiger partial charge in [0.15, 0.2) is 6.10 Å². The Morgan fingerprint density at radius 2 is 2.12 bits per heavy atom. The van der Waals surface area contributed by atoms with Gasteiger partial charge in [-0.2, -0.15) is 29.5 Å². The predicted molar refractivity (Wildman–Crippen MR) is 114 cm³/mol. The minimum absolute atomic E-state index is 0.0762. The Morgan fingerprint density at radius 1 is 1.32 bits per heavy atom. The van der Waals surface area contributed by atoms with E-state index in [0.717, 1.165) is 28.7 Å². The Balaban J connectivity index is 1.38. The molecule has 13 heteroatoms. The first-order chi connectivity index (χ1) is 16.1. The topological polar surface area (TPSA) is 115 Å². The third-order valence-corrected chi connectivity index (χ3v) is 5.59. The predicted octanol–water partition coefficient (Wildman–Crippen LogP) is 3.67. The molecule has 34 heavy (non-hydrogen) atoms. The first-order valence-electron chi connectivity index (χ1n) is 9.99. The fourth-order valence-corrected chi connectivity index (χ4v) is 3.90. The number of nitrogens with zero attached hydrogens (tertiary/aromatic N) is 3. The van der Waals surface area contributed by atoms with Gasteiger partial charge in [0.25, 0.3) is 5.91 Å². The maximum atomic E-state index is 13.0. The second-order valence-electron chi connectivity index (χ2n) is 7.36. The molecule has 0 spiro atoms. The third kappa shape index (κ3) is 5.09. The minimum Gasteiger partial charge on any atom is -0.453 e. The van der Waals surface area contributed by atoms with Crippen molar-refractivity contribution in [3.05, 3.63) is 46.5 Å². The van der Waals surface area contributed by atoms with Gasteiger partial charge in [-0.25, -0.2) is 0 Å². The van der Waals surface area contributed by atoms with Crippen molar-refractivity contribution in [2.75, 3.05) is 16.8 Å². The number of rotatable bonds is 6. The number of ether oxygens (including phenoxy) is 1. The van der Waals surface area contributed by atoms with Gasteiger partial charge in [-0.3, -0.25) is 19.3 Å². The van der Waals surface area contributed by atoms with Crippen LogP contribution in [0.1, 0.15) is 24.8 Å². The summed E-state index contributed by atoms with van der Waals surface area (Å²) in [6.07, 6.45) is -5.95. The molecule has 0 bridgehead atoms. The normalized spacial score (nSPS) is 14.4. The van der Waals surface area contributed by atoms with Crippen LogP contribution in [-0.4, -0.2) is 40.6 Å². The second kappa shape index (κ2) is 9.25. The molecule has 2 amide bonds. The Bertz CT molecular complexity index is 1230.